The van der Waals surface area contributed by atoms with Crippen molar-refractivity contribution in [1.82, 2.24) is 4.90 Å². The van der Waals surface area contributed by atoms with Gasteiger partial charge in [-0.15, -0.1) is 0 Å². The average molecular weight is 333 g/mol. The van der Waals surface area contributed by atoms with Crippen molar-refractivity contribution in [1.29, 1.82) is 0 Å². The molecule has 1 atom stereocenters. The Labute approximate surface area is 143 Å². The second-order valence-electron chi connectivity index (χ2n) is 7.09. The first-order chi connectivity index (χ1) is 11.2. The Hall–Kier alpha value is -2.08. The fourth-order valence-corrected chi connectivity index (χ4v) is 2.78. The first kappa shape index (κ1) is 18.3. The average Bonchev–Trinajstić information content (AvgIpc) is 2.54. The van der Waals surface area contributed by atoms with E-state index in [0.717, 1.165) is 5.69 Å². The molecule has 6 heteroatoms. The normalized spacial score (nSPS) is 17.3. The number of amides is 2. The molecule has 1 aromatic rings. The van der Waals surface area contributed by atoms with E-state index in [1.54, 1.807) is 23.8 Å². The maximum atomic E-state index is 12.4. The molecule has 0 spiro atoms. The molecule has 132 valence electrons. The molecule has 24 heavy (non-hydrogen) atoms. The maximum absolute atomic E-state index is 12.4. The van der Waals surface area contributed by atoms with Crippen LogP contribution in [0.4, 0.5) is 5.69 Å². The number of carbonyl (C=O) groups excluding carboxylic acids is 2. The maximum Gasteiger partial charge on any atom is 0.267 e. The van der Waals surface area contributed by atoms with Gasteiger partial charge in [0.25, 0.3) is 5.91 Å². The van der Waals surface area contributed by atoms with Crippen molar-refractivity contribution < 1.29 is 14.3 Å². The quantitative estimate of drug-likeness (QED) is 0.858. The minimum atomic E-state index is -0.538. The lowest BCUT2D eigenvalue weighted by Crippen LogP contribution is -2.46. The highest BCUT2D eigenvalue weighted by molar-refractivity contribution is 6.00. The molecule has 1 heterocycles. The summed E-state index contributed by atoms with van der Waals surface area (Å²) in [6, 6.07) is 7.40. The molecule has 2 N–H and O–H groups in total. The summed E-state index contributed by atoms with van der Waals surface area (Å²) in [7, 11) is 1.78. The Morgan fingerprint density at radius 2 is 2.04 bits per heavy atom. The standard InChI is InChI=1S/C18H27N3O3/c1-13-17(23)21(14-7-5-6-8-15(14)24-13)10-9-16(22)20(4)12-18(2,3)11-19/h5-8,13H,9-12,19H2,1-4H3. The van der Waals surface area contributed by atoms with Crippen molar-refractivity contribution in [2.45, 2.75) is 33.3 Å². The molecule has 1 aliphatic heterocycles. The van der Waals surface area contributed by atoms with Crippen LogP contribution in [0.2, 0.25) is 0 Å². The number of nitrogens with zero attached hydrogens (tertiary/aromatic N) is 2. The van der Waals surface area contributed by atoms with E-state index in [0.29, 0.717) is 25.4 Å². The molecule has 0 fully saturated rings. The summed E-state index contributed by atoms with van der Waals surface area (Å²) in [5.41, 5.74) is 6.32. The molecule has 0 aromatic heterocycles. The van der Waals surface area contributed by atoms with Gasteiger partial charge in [0.05, 0.1) is 5.69 Å². The van der Waals surface area contributed by atoms with Crippen LogP contribution in [0.15, 0.2) is 24.3 Å². The third-order valence-electron chi connectivity index (χ3n) is 4.27. The first-order valence-corrected chi connectivity index (χ1v) is 8.26. The van der Waals surface area contributed by atoms with Gasteiger partial charge in [-0.3, -0.25) is 9.59 Å². The first-order valence-electron chi connectivity index (χ1n) is 8.26. The molecule has 2 rings (SSSR count). The van der Waals surface area contributed by atoms with E-state index >= 15 is 0 Å². The third kappa shape index (κ3) is 4.06. The van der Waals surface area contributed by atoms with Crippen molar-refractivity contribution in [2.75, 3.05) is 31.6 Å². The molecule has 1 unspecified atom stereocenters. The van der Waals surface area contributed by atoms with Crippen LogP contribution in [-0.4, -0.2) is 49.5 Å². The molecule has 2 amide bonds. The van der Waals surface area contributed by atoms with Gasteiger partial charge in [0.2, 0.25) is 5.91 Å². The predicted octanol–water partition coefficient (Wildman–Crippen LogP) is 1.63. The fraction of sp³-hybridized carbons (Fsp3) is 0.556. The smallest absolute Gasteiger partial charge is 0.267 e. The van der Waals surface area contributed by atoms with Gasteiger partial charge in [-0.05, 0) is 31.0 Å². The molecule has 0 aliphatic carbocycles. The molecular weight excluding hydrogens is 306 g/mol. The Balaban J connectivity index is 2.03. The molecule has 1 aliphatic rings. The van der Waals surface area contributed by atoms with Crippen LogP contribution >= 0.6 is 0 Å². The van der Waals surface area contributed by atoms with Crippen LogP contribution < -0.4 is 15.4 Å². The van der Waals surface area contributed by atoms with Crippen molar-refractivity contribution >= 4 is 17.5 Å². The van der Waals surface area contributed by atoms with E-state index in [1.165, 1.54) is 0 Å². The summed E-state index contributed by atoms with van der Waals surface area (Å²) in [5, 5.41) is 0. The minimum absolute atomic E-state index is 0.000881. The highest BCUT2D eigenvalue weighted by atomic mass is 16.5. The zero-order chi connectivity index (χ0) is 17.9. The second-order valence-corrected chi connectivity index (χ2v) is 7.09. The molecule has 0 saturated carbocycles. The summed E-state index contributed by atoms with van der Waals surface area (Å²) in [6.07, 6.45) is -0.270. The third-order valence-corrected chi connectivity index (χ3v) is 4.27. The largest absolute Gasteiger partial charge is 0.479 e. The molecule has 1 aromatic carbocycles. The number of anilines is 1. The number of hydrogen-bond acceptors (Lipinski definition) is 4. The van der Waals surface area contributed by atoms with Crippen molar-refractivity contribution in [3.05, 3.63) is 24.3 Å². The Kier molecular flexibility index (Phi) is 5.49. The lowest BCUT2D eigenvalue weighted by atomic mass is 9.93. The van der Waals surface area contributed by atoms with Crippen LogP contribution in [0.1, 0.15) is 27.2 Å². The van der Waals surface area contributed by atoms with E-state index in [2.05, 4.69) is 0 Å². The lowest BCUT2D eigenvalue weighted by Gasteiger charge is -2.33. The zero-order valence-electron chi connectivity index (χ0n) is 14.9. The van der Waals surface area contributed by atoms with Gasteiger partial charge in [0.1, 0.15) is 5.75 Å². The zero-order valence-corrected chi connectivity index (χ0v) is 14.9. The number of nitrogens with two attached hydrogens (primary N) is 1. The predicted molar refractivity (Wildman–Crippen MR) is 94.0 cm³/mol. The van der Waals surface area contributed by atoms with Gasteiger partial charge in [-0.25, -0.2) is 0 Å². The minimum Gasteiger partial charge on any atom is -0.479 e. The number of carbonyl (C=O) groups is 2. The number of para-hydroxylation sites is 2. The van der Waals surface area contributed by atoms with Gasteiger partial charge in [0.15, 0.2) is 6.10 Å². The van der Waals surface area contributed by atoms with Crippen LogP contribution in [-0.2, 0) is 9.59 Å². The SMILES string of the molecule is CC1Oc2ccccc2N(CCC(=O)N(C)CC(C)(C)CN)C1=O. The Morgan fingerprint density at radius 3 is 2.71 bits per heavy atom. The molecular formula is C18H27N3O3. The van der Waals surface area contributed by atoms with E-state index in [4.69, 9.17) is 10.5 Å². The number of rotatable bonds is 6. The van der Waals surface area contributed by atoms with Gasteiger partial charge < -0.3 is 20.3 Å². The Morgan fingerprint density at radius 1 is 1.38 bits per heavy atom. The van der Waals surface area contributed by atoms with Crippen LogP contribution in [0.5, 0.6) is 5.75 Å². The molecule has 0 radical (unpaired) electrons. The molecule has 6 nitrogen and oxygen atoms in total. The molecule has 0 saturated heterocycles. The van der Waals surface area contributed by atoms with E-state index in [9.17, 15) is 9.59 Å². The lowest BCUT2D eigenvalue weighted by molar-refractivity contribution is -0.131. The summed E-state index contributed by atoms with van der Waals surface area (Å²) >= 11 is 0. The number of fused-ring (bicyclic) bond motifs is 1. The second kappa shape index (κ2) is 7.21. The van der Waals surface area contributed by atoms with Crippen LogP contribution in [0.25, 0.3) is 0 Å². The monoisotopic (exact) mass is 333 g/mol. The summed E-state index contributed by atoms with van der Waals surface area (Å²) in [6.45, 7) is 7.23. The highest BCUT2D eigenvalue weighted by Crippen LogP contribution is 2.33. The van der Waals surface area contributed by atoms with Gasteiger partial charge in [-0.1, -0.05) is 26.0 Å². The van der Waals surface area contributed by atoms with E-state index in [1.807, 2.05) is 38.1 Å². The number of benzene rings is 1. The summed E-state index contributed by atoms with van der Waals surface area (Å²) in [5.74, 6) is 0.557. The Bertz CT molecular complexity index is 615. The van der Waals surface area contributed by atoms with Crippen LogP contribution in [0, 0.1) is 5.41 Å². The van der Waals surface area contributed by atoms with Crippen molar-refractivity contribution in [3.63, 3.8) is 0 Å². The number of ether oxygens (including phenoxy) is 1. The van der Waals surface area contributed by atoms with Crippen LogP contribution in [0.3, 0.4) is 0 Å². The van der Waals surface area contributed by atoms with Crippen molar-refractivity contribution in [2.24, 2.45) is 11.1 Å². The number of hydrogen-bond donors (Lipinski definition) is 1. The van der Waals surface area contributed by atoms with E-state index < -0.39 is 6.10 Å². The molecule has 0 bridgehead atoms. The highest BCUT2D eigenvalue weighted by Gasteiger charge is 2.31. The van der Waals surface area contributed by atoms with Crippen molar-refractivity contribution in [3.8, 4) is 5.75 Å². The van der Waals surface area contributed by atoms with Gasteiger partial charge in [0, 0.05) is 26.6 Å². The summed E-state index contributed by atoms with van der Waals surface area (Å²) in [4.78, 5) is 28.1. The van der Waals surface area contributed by atoms with E-state index in [-0.39, 0.29) is 23.7 Å². The topological polar surface area (TPSA) is 75.9 Å². The van der Waals surface area contributed by atoms with Gasteiger partial charge >= 0.3 is 0 Å². The summed E-state index contributed by atoms with van der Waals surface area (Å²) < 4.78 is 5.61. The fourth-order valence-electron chi connectivity index (χ4n) is 2.78. The van der Waals surface area contributed by atoms with Gasteiger partial charge in [-0.2, -0.15) is 0 Å².